The van der Waals surface area contributed by atoms with Gasteiger partial charge in [-0.1, -0.05) is 103 Å². The fourth-order valence-corrected chi connectivity index (χ4v) is 3.43. The van der Waals surface area contributed by atoms with Crippen molar-refractivity contribution in [2.24, 2.45) is 0 Å². The van der Waals surface area contributed by atoms with Crippen LogP contribution in [-0.2, 0) is 0 Å². The monoisotopic (exact) mass is 483 g/mol. The van der Waals surface area contributed by atoms with E-state index in [1.54, 1.807) is 0 Å². The Morgan fingerprint density at radius 2 is 0.923 bits per heavy atom. The number of rotatable bonds is 19. The van der Waals surface area contributed by atoms with Gasteiger partial charge in [0.05, 0.1) is 33.8 Å². The van der Waals surface area contributed by atoms with Crippen molar-refractivity contribution in [2.45, 2.75) is 122 Å². The lowest BCUT2D eigenvalue weighted by Crippen LogP contribution is -3.00. The third kappa shape index (κ3) is 24.7. The molecule has 0 aliphatic rings. The molecule has 0 aliphatic carbocycles. The quantitative estimate of drug-likeness (QED) is 0.169. The van der Waals surface area contributed by atoms with Crippen molar-refractivity contribution in [3.8, 4) is 0 Å². The van der Waals surface area contributed by atoms with E-state index in [2.05, 4.69) is 28.1 Å². The summed E-state index contributed by atoms with van der Waals surface area (Å²) in [5, 5.41) is 10.0. The van der Waals surface area contributed by atoms with Gasteiger partial charge in [-0.25, -0.2) is 0 Å². The zero-order chi connectivity index (χ0) is 18.8. The Hall–Kier alpha value is 0.650. The number of hydrogen-bond acceptors (Lipinski definition) is 1. The summed E-state index contributed by atoms with van der Waals surface area (Å²) < 4.78 is 0.954. The summed E-state index contributed by atoms with van der Waals surface area (Å²) in [7, 11) is 6.58. The SMILES string of the molecule is CCCCCCCCCCCCCCCCCC(O)CC[N+](C)(C)C.[I-]. The number of nitrogens with zero attached hydrogens (tertiary/aromatic N) is 1. The molecule has 0 bridgehead atoms. The van der Waals surface area contributed by atoms with Gasteiger partial charge in [0.2, 0.25) is 0 Å². The van der Waals surface area contributed by atoms with Crippen LogP contribution in [0.15, 0.2) is 0 Å². The molecule has 1 N–H and O–H groups in total. The van der Waals surface area contributed by atoms with Crippen LogP contribution in [0.3, 0.4) is 0 Å². The predicted molar refractivity (Wildman–Crippen MR) is 113 cm³/mol. The van der Waals surface area contributed by atoms with Crippen LogP contribution in [0.25, 0.3) is 0 Å². The largest absolute Gasteiger partial charge is 1.00 e. The van der Waals surface area contributed by atoms with Gasteiger partial charge in [-0.2, -0.15) is 0 Å². The van der Waals surface area contributed by atoms with Crippen molar-refractivity contribution >= 4 is 0 Å². The molecule has 3 heteroatoms. The molecule has 0 heterocycles. The molecule has 2 nitrogen and oxygen atoms in total. The highest BCUT2D eigenvalue weighted by atomic mass is 127. The van der Waals surface area contributed by atoms with Gasteiger partial charge in [0.25, 0.3) is 0 Å². The molecule has 1 unspecified atom stereocenters. The maximum absolute atomic E-state index is 10.0. The molecule has 0 aromatic rings. The first-order valence-corrected chi connectivity index (χ1v) is 11.4. The molecule has 0 radical (unpaired) electrons. The van der Waals surface area contributed by atoms with Crippen LogP contribution in [0.1, 0.15) is 116 Å². The van der Waals surface area contributed by atoms with Crippen LogP contribution in [0, 0.1) is 0 Å². The number of hydrogen-bond donors (Lipinski definition) is 1. The Labute approximate surface area is 183 Å². The fraction of sp³-hybridized carbons (Fsp3) is 1.00. The lowest BCUT2D eigenvalue weighted by atomic mass is 10.0. The van der Waals surface area contributed by atoms with E-state index in [9.17, 15) is 5.11 Å². The molecule has 0 amide bonds. The molecule has 0 rings (SSSR count). The number of aliphatic hydroxyl groups is 1. The normalized spacial score (nSPS) is 12.8. The van der Waals surface area contributed by atoms with E-state index in [1.807, 2.05) is 0 Å². The van der Waals surface area contributed by atoms with Gasteiger partial charge in [0.15, 0.2) is 0 Å². The van der Waals surface area contributed by atoms with Crippen LogP contribution >= 0.6 is 0 Å². The van der Waals surface area contributed by atoms with E-state index in [0.29, 0.717) is 0 Å². The van der Waals surface area contributed by atoms with E-state index in [4.69, 9.17) is 0 Å². The zero-order valence-electron chi connectivity index (χ0n) is 18.6. The van der Waals surface area contributed by atoms with E-state index < -0.39 is 0 Å². The summed E-state index contributed by atoms with van der Waals surface area (Å²) in [6, 6.07) is 0. The molecule has 0 fully saturated rings. The Morgan fingerprint density at radius 3 is 1.27 bits per heavy atom. The van der Waals surface area contributed by atoms with Gasteiger partial charge < -0.3 is 33.6 Å². The summed E-state index contributed by atoms with van der Waals surface area (Å²) in [4.78, 5) is 0. The first-order chi connectivity index (χ1) is 12.0. The first-order valence-electron chi connectivity index (χ1n) is 11.4. The molecule has 160 valence electrons. The summed E-state index contributed by atoms with van der Waals surface area (Å²) >= 11 is 0. The van der Waals surface area contributed by atoms with Crippen molar-refractivity contribution in [3.05, 3.63) is 0 Å². The Bertz CT molecular complexity index is 265. The van der Waals surface area contributed by atoms with Crippen LogP contribution in [0.4, 0.5) is 0 Å². The molecule has 0 aromatic heterocycles. The molecule has 0 spiro atoms. The maximum atomic E-state index is 10.0. The smallest absolute Gasteiger partial charge is 0.0805 e. The molecular formula is C23H50INO. The van der Waals surface area contributed by atoms with Gasteiger partial charge in [-0.3, -0.25) is 0 Å². The van der Waals surface area contributed by atoms with E-state index in [1.165, 1.54) is 96.3 Å². The van der Waals surface area contributed by atoms with E-state index >= 15 is 0 Å². The highest BCUT2D eigenvalue weighted by molar-refractivity contribution is 4.56. The van der Waals surface area contributed by atoms with Crippen LogP contribution in [-0.4, -0.2) is 43.4 Å². The summed E-state index contributed by atoms with van der Waals surface area (Å²) in [6.45, 7) is 3.36. The summed E-state index contributed by atoms with van der Waals surface area (Å²) in [5.41, 5.74) is 0. The van der Waals surface area contributed by atoms with Crippen molar-refractivity contribution in [2.75, 3.05) is 27.7 Å². The minimum Gasteiger partial charge on any atom is -1.00 e. The van der Waals surface area contributed by atoms with Crippen molar-refractivity contribution in [1.29, 1.82) is 0 Å². The number of quaternary nitrogens is 1. The highest BCUT2D eigenvalue weighted by Gasteiger charge is 2.11. The van der Waals surface area contributed by atoms with Crippen LogP contribution < -0.4 is 24.0 Å². The Morgan fingerprint density at radius 1 is 0.577 bits per heavy atom. The lowest BCUT2D eigenvalue weighted by Gasteiger charge is -2.25. The number of unbranched alkanes of at least 4 members (excludes halogenated alkanes) is 14. The second-order valence-corrected chi connectivity index (χ2v) is 9.19. The number of aliphatic hydroxyl groups excluding tert-OH is 1. The van der Waals surface area contributed by atoms with Gasteiger partial charge in [0, 0.05) is 6.42 Å². The standard InChI is InChI=1S/C23H50NO.HI/c1-5-6-7-8-9-10-11-12-13-14-15-16-17-18-19-20-23(25)21-22-24(2,3)4;/h23,25H,5-22H2,1-4H3;1H/q+1;/p-1. The first kappa shape index (κ1) is 28.9. The summed E-state index contributed by atoms with van der Waals surface area (Å²) in [5.74, 6) is 0. The van der Waals surface area contributed by atoms with E-state index in [-0.39, 0.29) is 30.1 Å². The highest BCUT2D eigenvalue weighted by Crippen LogP contribution is 2.14. The molecule has 1 atom stereocenters. The van der Waals surface area contributed by atoms with E-state index in [0.717, 1.165) is 23.9 Å². The minimum absolute atomic E-state index is 0. The molecule has 26 heavy (non-hydrogen) atoms. The van der Waals surface area contributed by atoms with Gasteiger partial charge in [0.1, 0.15) is 0 Å². The van der Waals surface area contributed by atoms with Gasteiger partial charge >= 0.3 is 0 Å². The van der Waals surface area contributed by atoms with Gasteiger partial charge in [-0.05, 0) is 6.42 Å². The molecule has 0 aromatic carbocycles. The van der Waals surface area contributed by atoms with Crippen molar-refractivity contribution < 1.29 is 33.6 Å². The topological polar surface area (TPSA) is 20.2 Å². The Kier molecular flexibility index (Phi) is 22.6. The second kappa shape index (κ2) is 20.4. The second-order valence-electron chi connectivity index (χ2n) is 9.19. The average molecular weight is 484 g/mol. The van der Waals surface area contributed by atoms with Crippen molar-refractivity contribution in [1.82, 2.24) is 0 Å². The predicted octanol–water partition coefficient (Wildman–Crippen LogP) is 3.71. The Balaban J connectivity index is 0. The third-order valence-corrected chi connectivity index (χ3v) is 5.27. The fourth-order valence-electron chi connectivity index (χ4n) is 3.43. The number of halogens is 1. The van der Waals surface area contributed by atoms with Crippen LogP contribution in [0.5, 0.6) is 0 Å². The molecule has 0 saturated heterocycles. The third-order valence-electron chi connectivity index (χ3n) is 5.27. The molecular weight excluding hydrogens is 433 g/mol. The molecule has 0 aliphatic heterocycles. The minimum atomic E-state index is -0.0840. The molecule has 0 saturated carbocycles. The summed E-state index contributed by atoms with van der Waals surface area (Å²) in [6.07, 6.45) is 22.9. The average Bonchev–Trinajstić information content (AvgIpc) is 2.56. The van der Waals surface area contributed by atoms with Crippen molar-refractivity contribution in [3.63, 3.8) is 0 Å². The maximum Gasteiger partial charge on any atom is 0.0805 e. The zero-order valence-corrected chi connectivity index (χ0v) is 20.7. The van der Waals surface area contributed by atoms with Gasteiger partial charge in [-0.15, -0.1) is 0 Å². The van der Waals surface area contributed by atoms with Crippen LogP contribution in [0.2, 0.25) is 0 Å². The lowest BCUT2D eigenvalue weighted by molar-refractivity contribution is -0.870.